The molecular formula is C26H24FN5O4. The number of halogens is 1. The second-order valence-electron chi connectivity index (χ2n) is 9.19. The molecule has 10 heteroatoms. The average molecular weight is 490 g/mol. The van der Waals surface area contributed by atoms with Crippen molar-refractivity contribution in [3.05, 3.63) is 64.7 Å². The fourth-order valence-corrected chi connectivity index (χ4v) is 5.22. The van der Waals surface area contributed by atoms with E-state index in [2.05, 4.69) is 5.10 Å². The Bertz CT molecular complexity index is 1410. The van der Waals surface area contributed by atoms with E-state index in [9.17, 15) is 14.4 Å². The SMILES string of the molecule is NC(=O)c1nn(-c2cc3c(cc2F)OCC3)c2c1CCN(c1ccc(N3CCCCC3=O)cc1)C2=O. The van der Waals surface area contributed by atoms with Crippen molar-refractivity contribution in [3.8, 4) is 11.4 Å². The Kier molecular flexibility index (Phi) is 5.24. The van der Waals surface area contributed by atoms with Crippen LogP contribution in [0, 0.1) is 5.82 Å². The second-order valence-corrected chi connectivity index (χ2v) is 9.19. The van der Waals surface area contributed by atoms with Gasteiger partial charge in [0.15, 0.2) is 11.5 Å². The van der Waals surface area contributed by atoms with Crippen LogP contribution in [-0.4, -0.2) is 47.2 Å². The van der Waals surface area contributed by atoms with Crippen LogP contribution in [0.2, 0.25) is 0 Å². The molecule has 4 heterocycles. The summed E-state index contributed by atoms with van der Waals surface area (Å²) in [5.74, 6) is -1.23. The summed E-state index contributed by atoms with van der Waals surface area (Å²) < 4.78 is 21.7. The van der Waals surface area contributed by atoms with Gasteiger partial charge in [-0.2, -0.15) is 5.10 Å². The van der Waals surface area contributed by atoms with E-state index in [0.29, 0.717) is 56.0 Å². The Balaban J connectivity index is 1.38. The highest BCUT2D eigenvalue weighted by Crippen LogP contribution is 2.34. The minimum Gasteiger partial charge on any atom is -0.493 e. The number of benzene rings is 2. The van der Waals surface area contributed by atoms with Crippen LogP contribution in [-0.2, 0) is 17.6 Å². The average Bonchev–Trinajstić information content (AvgIpc) is 3.49. The lowest BCUT2D eigenvalue weighted by Gasteiger charge is -2.29. The van der Waals surface area contributed by atoms with Gasteiger partial charge in [0.05, 0.1) is 6.61 Å². The second kappa shape index (κ2) is 8.47. The van der Waals surface area contributed by atoms with Gasteiger partial charge in [-0.25, -0.2) is 9.07 Å². The number of piperidine rings is 1. The van der Waals surface area contributed by atoms with Crippen LogP contribution >= 0.6 is 0 Å². The zero-order valence-corrected chi connectivity index (χ0v) is 19.5. The van der Waals surface area contributed by atoms with E-state index >= 15 is 4.39 Å². The summed E-state index contributed by atoms with van der Waals surface area (Å²) in [5.41, 5.74) is 8.35. The summed E-state index contributed by atoms with van der Waals surface area (Å²) in [6.45, 7) is 1.44. The first-order valence-electron chi connectivity index (χ1n) is 12.0. The van der Waals surface area contributed by atoms with E-state index < -0.39 is 17.6 Å². The van der Waals surface area contributed by atoms with Gasteiger partial charge < -0.3 is 20.3 Å². The highest BCUT2D eigenvalue weighted by atomic mass is 19.1. The van der Waals surface area contributed by atoms with Crippen LogP contribution in [0.25, 0.3) is 5.69 Å². The van der Waals surface area contributed by atoms with Crippen molar-refractivity contribution in [2.45, 2.75) is 32.1 Å². The van der Waals surface area contributed by atoms with Crippen molar-refractivity contribution in [3.63, 3.8) is 0 Å². The summed E-state index contributed by atoms with van der Waals surface area (Å²) in [5, 5.41) is 4.28. The first-order chi connectivity index (χ1) is 17.4. The number of nitrogens with zero attached hydrogens (tertiary/aromatic N) is 4. The third kappa shape index (κ3) is 3.52. The van der Waals surface area contributed by atoms with Gasteiger partial charge in [0.2, 0.25) is 5.91 Å². The molecule has 2 N–H and O–H groups in total. The van der Waals surface area contributed by atoms with Crippen LogP contribution in [0.5, 0.6) is 5.75 Å². The van der Waals surface area contributed by atoms with Crippen molar-refractivity contribution >= 4 is 29.1 Å². The fraction of sp³-hybridized carbons (Fsp3) is 0.308. The van der Waals surface area contributed by atoms with Gasteiger partial charge in [-0.3, -0.25) is 14.4 Å². The van der Waals surface area contributed by atoms with Gasteiger partial charge in [-0.15, -0.1) is 0 Å². The lowest BCUT2D eigenvalue weighted by molar-refractivity contribution is -0.119. The minimum atomic E-state index is -0.772. The van der Waals surface area contributed by atoms with Crippen LogP contribution in [0.15, 0.2) is 36.4 Å². The summed E-state index contributed by atoms with van der Waals surface area (Å²) in [4.78, 5) is 41.5. The molecule has 3 aromatic rings. The Morgan fingerprint density at radius 2 is 1.72 bits per heavy atom. The number of rotatable bonds is 4. The van der Waals surface area contributed by atoms with Crippen molar-refractivity contribution in [2.24, 2.45) is 5.73 Å². The van der Waals surface area contributed by atoms with Crippen molar-refractivity contribution in [1.82, 2.24) is 9.78 Å². The molecule has 3 amide bonds. The third-order valence-corrected chi connectivity index (χ3v) is 7.03. The normalized spacial score (nSPS) is 17.1. The molecule has 0 bridgehead atoms. The number of amides is 3. The maximum Gasteiger partial charge on any atom is 0.277 e. The third-order valence-electron chi connectivity index (χ3n) is 7.03. The number of hydrogen-bond donors (Lipinski definition) is 1. The Morgan fingerprint density at radius 1 is 0.972 bits per heavy atom. The molecule has 0 atom stereocenters. The molecule has 0 saturated carbocycles. The molecule has 0 spiro atoms. The van der Waals surface area contributed by atoms with Gasteiger partial charge in [-0.1, -0.05) is 0 Å². The van der Waals surface area contributed by atoms with Crippen LogP contribution in [0.4, 0.5) is 15.8 Å². The molecule has 1 saturated heterocycles. The van der Waals surface area contributed by atoms with Crippen molar-refractivity contribution < 1.29 is 23.5 Å². The molecule has 9 nitrogen and oxygen atoms in total. The van der Waals surface area contributed by atoms with Gasteiger partial charge in [0.1, 0.15) is 17.1 Å². The highest BCUT2D eigenvalue weighted by Gasteiger charge is 2.35. The van der Waals surface area contributed by atoms with Gasteiger partial charge in [-0.05, 0) is 55.2 Å². The zero-order valence-electron chi connectivity index (χ0n) is 19.5. The molecule has 2 aromatic carbocycles. The highest BCUT2D eigenvalue weighted by molar-refractivity contribution is 6.09. The largest absolute Gasteiger partial charge is 0.493 e. The van der Waals surface area contributed by atoms with E-state index in [0.717, 1.165) is 24.1 Å². The lowest BCUT2D eigenvalue weighted by atomic mass is 10.0. The topological polar surface area (TPSA) is 111 Å². The molecule has 184 valence electrons. The lowest BCUT2D eigenvalue weighted by Crippen LogP contribution is -2.39. The van der Waals surface area contributed by atoms with E-state index in [-0.39, 0.29) is 23.0 Å². The number of aromatic nitrogens is 2. The predicted molar refractivity (Wildman–Crippen MR) is 129 cm³/mol. The first kappa shape index (κ1) is 22.3. The number of anilines is 2. The summed E-state index contributed by atoms with van der Waals surface area (Å²) in [7, 11) is 0. The van der Waals surface area contributed by atoms with Crippen LogP contribution in [0.1, 0.15) is 51.4 Å². The molecule has 6 rings (SSSR count). The quantitative estimate of drug-likeness (QED) is 0.606. The van der Waals surface area contributed by atoms with Crippen LogP contribution in [0.3, 0.4) is 0 Å². The number of ether oxygens (including phenoxy) is 1. The number of nitrogens with two attached hydrogens (primary N) is 1. The molecule has 0 unspecified atom stereocenters. The minimum absolute atomic E-state index is 0.0342. The van der Waals surface area contributed by atoms with Crippen molar-refractivity contribution in [2.75, 3.05) is 29.5 Å². The van der Waals surface area contributed by atoms with E-state index in [1.165, 1.54) is 10.7 Å². The summed E-state index contributed by atoms with van der Waals surface area (Å²) in [6.07, 6.45) is 3.34. The smallest absolute Gasteiger partial charge is 0.277 e. The van der Waals surface area contributed by atoms with Crippen LogP contribution < -0.4 is 20.3 Å². The molecular weight excluding hydrogens is 465 g/mol. The predicted octanol–water partition coefficient (Wildman–Crippen LogP) is 2.77. The molecule has 36 heavy (non-hydrogen) atoms. The molecule has 0 aliphatic carbocycles. The molecule has 1 aromatic heterocycles. The van der Waals surface area contributed by atoms with E-state index in [1.807, 2.05) is 12.1 Å². The van der Waals surface area contributed by atoms with E-state index in [4.69, 9.17) is 10.5 Å². The number of primary amides is 1. The monoisotopic (exact) mass is 489 g/mol. The van der Waals surface area contributed by atoms with Gasteiger partial charge in [0, 0.05) is 48.9 Å². The van der Waals surface area contributed by atoms with Crippen molar-refractivity contribution in [1.29, 1.82) is 0 Å². The van der Waals surface area contributed by atoms with E-state index in [1.54, 1.807) is 28.0 Å². The fourth-order valence-electron chi connectivity index (χ4n) is 5.22. The number of carbonyl (C=O) groups is 3. The maximum absolute atomic E-state index is 15.1. The van der Waals surface area contributed by atoms with Gasteiger partial charge in [0.25, 0.3) is 11.8 Å². The number of fused-ring (bicyclic) bond motifs is 2. The Morgan fingerprint density at radius 3 is 2.44 bits per heavy atom. The summed E-state index contributed by atoms with van der Waals surface area (Å²) >= 11 is 0. The Labute approximate surface area is 206 Å². The standard InChI is InChI=1S/C26H24FN5O4/c27-19-14-21-15(9-12-36-21)13-20(19)32-24-18(23(29-32)25(28)34)8-11-31(26(24)35)17-6-4-16(5-7-17)30-10-2-1-3-22(30)33/h4-7,13-14H,1-3,8-12H2,(H2,28,34). The zero-order chi connectivity index (χ0) is 25.0. The summed E-state index contributed by atoms with van der Waals surface area (Å²) in [6, 6.07) is 10.1. The molecule has 1 fully saturated rings. The molecule has 0 radical (unpaired) electrons. The Hall–Kier alpha value is -4.21. The number of carbonyl (C=O) groups excluding carboxylic acids is 3. The molecule has 3 aliphatic rings. The first-order valence-corrected chi connectivity index (χ1v) is 12.0. The maximum atomic E-state index is 15.1. The number of hydrogen-bond acceptors (Lipinski definition) is 5. The molecule has 3 aliphatic heterocycles. The van der Waals surface area contributed by atoms with Gasteiger partial charge >= 0.3 is 0 Å².